The zero-order valence-electron chi connectivity index (χ0n) is 11.4. The highest BCUT2D eigenvalue weighted by Gasteiger charge is 2.36. The first-order chi connectivity index (χ1) is 9.49. The van der Waals surface area contributed by atoms with Crippen molar-refractivity contribution in [1.29, 1.82) is 0 Å². The molecule has 0 aliphatic heterocycles. The van der Waals surface area contributed by atoms with Gasteiger partial charge in [0.25, 0.3) is 5.91 Å². The molecule has 0 radical (unpaired) electrons. The summed E-state index contributed by atoms with van der Waals surface area (Å²) in [4.78, 5) is 21.7. The van der Waals surface area contributed by atoms with Crippen LogP contribution in [0.3, 0.4) is 0 Å². The van der Waals surface area contributed by atoms with Crippen LogP contribution in [0.4, 0.5) is 5.82 Å². The van der Waals surface area contributed by atoms with Gasteiger partial charge in [-0.3, -0.25) is 14.9 Å². The molecule has 2 N–H and O–H groups in total. The minimum Gasteiger partial charge on any atom is -0.590 e. The summed E-state index contributed by atoms with van der Waals surface area (Å²) in [6, 6.07) is 0. The van der Waals surface area contributed by atoms with Crippen molar-refractivity contribution in [1.82, 2.24) is 9.90 Å². The van der Waals surface area contributed by atoms with Crippen molar-refractivity contribution in [3.05, 3.63) is 21.0 Å². The molecule has 0 aliphatic carbocycles. The van der Waals surface area contributed by atoms with E-state index in [-0.39, 0.29) is 11.4 Å². The predicted molar refractivity (Wildman–Crippen MR) is 69.7 cm³/mol. The van der Waals surface area contributed by atoms with E-state index in [9.17, 15) is 20.1 Å². The Morgan fingerprint density at radius 2 is 1.95 bits per heavy atom. The molecule has 9 nitrogen and oxygen atoms in total. The summed E-state index contributed by atoms with van der Waals surface area (Å²) in [5, 5.41) is 26.0. The third-order valence-electron chi connectivity index (χ3n) is 2.94. The summed E-state index contributed by atoms with van der Waals surface area (Å²) in [6.45, 7) is 2.35. The van der Waals surface area contributed by atoms with Crippen molar-refractivity contribution in [2.24, 2.45) is 5.73 Å². The second kappa shape index (κ2) is 7.41. The van der Waals surface area contributed by atoms with Crippen molar-refractivity contribution in [3.8, 4) is 0 Å². The van der Waals surface area contributed by atoms with E-state index < -0.39 is 22.3 Å². The van der Waals surface area contributed by atoms with E-state index in [1.807, 2.05) is 0 Å². The standard InChI is InChI=1S/C11H19N5O4/c1-2-3-4-5-6-7-8-14-13-9(10(12)17)11(15(14)18)16(19)20/h2-8H2,1H3,(H2,12,17). The molecule has 1 rings (SSSR count). The first-order valence-electron chi connectivity index (χ1n) is 6.63. The van der Waals surface area contributed by atoms with Gasteiger partial charge in [0.05, 0.1) is 0 Å². The maximum absolute atomic E-state index is 11.7. The van der Waals surface area contributed by atoms with E-state index in [0.717, 1.165) is 30.5 Å². The van der Waals surface area contributed by atoms with Crippen LogP contribution in [0.25, 0.3) is 0 Å². The number of aryl methyl sites for hydroxylation is 1. The molecule has 0 fully saturated rings. The van der Waals surface area contributed by atoms with E-state index >= 15 is 0 Å². The van der Waals surface area contributed by atoms with Crippen LogP contribution in [-0.2, 0) is 6.54 Å². The molecule has 1 amide bonds. The Kier molecular flexibility index (Phi) is 5.88. The van der Waals surface area contributed by atoms with Gasteiger partial charge in [-0.1, -0.05) is 44.1 Å². The van der Waals surface area contributed by atoms with Crippen LogP contribution >= 0.6 is 0 Å². The quantitative estimate of drug-likeness (QED) is 0.236. The molecule has 1 aromatic rings. The van der Waals surface area contributed by atoms with Gasteiger partial charge < -0.3 is 10.9 Å². The molecule has 112 valence electrons. The van der Waals surface area contributed by atoms with Gasteiger partial charge in [-0.2, -0.15) is 0 Å². The molecule has 0 bridgehead atoms. The van der Waals surface area contributed by atoms with Crippen molar-refractivity contribution in [2.75, 3.05) is 0 Å². The number of carbonyl (C=O) groups excluding carboxylic acids is 1. The number of primary amides is 1. The topological polar surface area (TPSA) is 131 Å². The second-order valence-corrected chi connectivity index (χ2v) is 4.53. The van der Waals surface area contributed by atoms with Gasteiger partial charge in [0, 0.05) is 4.85 Å². The van der Waals surface area contributed by atoms with Gasteiger partial charge in [-0.05, 0) is 11.2 Å². The second-order valence-electron chi connectivity index (χ2n) is 4.53. The molecule has 0 saturated heterocycles. The lowest BCUT2D eigenvalue weighted by molar-refractivity contribution is -0.736. The van der Waals surface area contributed by atoms with Gasteiger partial charge in [0.1, 0.15) is 11.5 Å². The summed E-state index contributed by atoms with van der Waals surface area (Å²) in [5.74, 6) is -1.99. The summed E-state index contributed by atoms with van der Waals surface area (Å²) >= 11 is 0. The monoisotopic (exact) mass is 285 g/mol. The minimum atomic E-state index is -1.08. The molecular formula is C11H19N5O4. The van der Waals surface area contributed by atoms with Crippen molar-refractivity contribution >= 4 is 11.7 Å². The molecule has 0 spiro atoms. The van der Waals surface area contributed by atoms with Crippen LogP contribution in [-0.4, -0.2) is 20.7 Å². The van der Waals surface area contributed by atoms with Gasteiger partial charge in [-0.25, -0.2) is 0 Å². The zero-order chi connectivity index (χ0) is 15.1. The molecular weight excluding hydrogens is 266 g/mol. The number of rotatable bonds is 9. The van der Waals surface area contributed by atoms with Crippen LogP contribution in [0.1, 0.15) is 55.9 Å². The molecule has 9 heteroatoms. The number of unbranched alkanes of at least 4 members (excludes halogenated alkanes) is 5. The van der Waals surface area contributed by atoms with Crippen molar-refractivity contribution in [3.63, 3.8) is 0 Å². The molecule has 0 aliphatic rings. The number of nitro groups is 1. The molecule has 1 heterocycles. The van der Waals surface area contributed by atoms with Gasteiger partial charge in [-0.15, -0.1) is 0 Å². The number of hydrogen-bond donors (Lipinski definition) is 1. The Labute approximate surface area is 116 Å². The Morgan fingerprint density at radius 3 is 2.45 bits per heavy atom. The first-order valence-corrected chi connectivity index (χ1v) is 6.63. The fraction of sp³-hybridized carbons (Fsp3) is 0.727. The summed E-state index contributed by atoms with van der Waals surface area (Å²) in [7, 11) is 0. The third kappa shape index (κ3) is 3.90. The van der Waals surface area contributed by atoms with Gasteiger partial charge in [0.2, 0.25) is 0 Å². The van der Waals surface area contributed by atoms with Crippen molar-refractivity contribution in [2.45, 2.75) is 52.0 Å². The van der Waals surface area contributed by atoms with Crippen LogP contribution in [0.5, 0.6) is 0 Å². The molecule has 20 heavy (non-hydrogen) atoms. The van der Waals surface area contributed by atoms with E-state index in [2.05, 4.69) is 12.0 Å². The number of carbonyl (C=O) groups is 1. The number of hydrogen-bond acceptors (Lipinski definition) is 5. The summed E-state index contributed by atoms with van der Waals surface area (Å²) < 4.78 is 0. The van der Waals surface area contributed by atoms with Crippen molar-refractivity contribution < 1.29 is 14.6 Å². The lowest BCUT2D eigenvalue weighted by Crippen LogP contribution is -2.40. The van der Waals surface area contributed by atoms with Crippen LogP contribution in [0.15, 0.2) is 0 Å². The summed E-state index contributed by atoms with van der Waals surface area (Å²) in [5.41, 5.74) is 4.37. The smallest absolute Gasteiger partial charge is 0.571 e. The van der Waals surface area contributed by atoms with Crippen LogP contribution in [0.2, 0.25) is 0 Å². The molecule has 1 aromatic heterocycles. The number of amides is 1. The number of nitrogens with zero attached hydrogens (tertiary/aromatic N) is 4. The highest BCUT2D eigenvalue weighted by Crippen LogP contribution is 2.11. The highest BCUT2D eigenvalue weighted by molar-refractivity contribution is 5.93. The first kappa shape index (κ1) is 15.9. The minimum absolute atomic E-state index is 0.0200. The average Bonchev–Trinajstić information content (AvgIpc) is 2.71. The van der Waals surface area contributed by atoms with E-state index in [1.165, 1.54) is 6.42 Å². The van der Waals surface area contributed by atoms with Gasteiger partial charge >= 0.3 is 11.5 Å². The molecule has 0 saturated carbocycles. The normalized spacial score (nSPS) is 10.7. The number of aromatic nitrogens is 3. The van der Waals surface area contributed by atoms with Crippen LogP contribution < -0.4 is 10.6 Å². The maximum Gasteiger partial charge on any atom is 0.571 e. The third-order valence-corrected chi connectivity index (χ3v) is 2.94. The lowest BCUT2D eigenvalue weighted by atomic mass is 10.1. The molecule has 0 aromatic carbocycles. The zero-order valence-corrected chi connectivity index (χ0v) is 11.4. The Bertz CT molecular complexity index is 485. The largest absolute Gasteiger partial charge is 0.590 e. The summed E-state index contributed by atoms with van der Waals surface area (Å²) in [6.07, 6.45) is 6.05. The maximum atomic E-state index is 11.7. The fourth-order valence-corrected chi connectivity index (χ4v) is 1.89. The van der Waals surface area contributed by atoms with Gasteiger partial charge in [0.15, 0.2) is 0 Å². The van der Waals surface area contributed by atoms with E-state index in [4.69, 9.17) is 5.73 Å². The average molecular weight is 285 g/mol. The lowest BCUT2D eigenvalue weighted by Gasteiger charge is -2.00. The SMILES string of the molecule is CCCCCCCCn1nc(C(N)=O)c([N+](=O)[O-])[n+]1[O-]. The Hall–Kier alpha value is -2.19. The Morgan fingerprint density at radius 1 is 1.35 bits per heavy atom. The van der Waals surface area contributed by atoms with E-state index in [0.29, 0.717) is 6.42 Å². The highest BCUT2D eigenvalue weighted by atomic mass is 16.6. The Balaban J connectivity index is 2.65. The molecule has 0 atom stereocenters. The van der Waals surface area contributed by atoms with Crippen LogP contribution in [0, 0.1) is 15.3 Å². The van der Waals surface area contributed by atoms with E-state index in [1.54, 1.807) is 0 Å². The molecule has 0 unspecified atom stereocenters. The predicted octanol–water partition coefficient (Wildman–Crippen LogP) is 0.884. The number of nitrogens with two attached hydrogens (primary N) is 1. The fourth-order valence-electron chi connectivity index (χ4n) is 1.89.